The van der Waals surface area contributed by atoms with Crippen LogP contribution in [-0.2, 0) is 0 Å². The predicted molar refractivity (Wildman–Crippen MR) is 72.6 cm³/mol. The smallest absolute Gasteiger partial charge is 0.180 e. The minimum absolute atomic E-state index is 0.482. The van der Waals surface area contributed by atoms with E-state index in [1.165, 1.54) is 16.9 Å². The van der Waals surface area contributed by atoms with Gasteiger partial charge >= 0.3 is 0 Å². The Morgan fingerprint density at radius 1 is 1.35 bits per heavy atom. The molecule has 3 nitrogen and oxygen atoms in total. The second-order valence-electron chi connectivity index (χ2n) is 4.19. The summed E-state index contributed by atoms with van der Waals surface area (Å²) in [6, 6.07) is 6.20. The third-order valence-corrected chi connectivity index (χ3v) is 3.36. The lowest BCUT2D eigenvalue weighted by Gasteiger charge is -2.11. The zero-order valence-corrected chi connectivity index (χ0v) is 11.0. The van der Waals surface area contributed by atoms with Crippen LogP contribution in [0.5, 0.6) is 5.75 Å². The van der Waals surface area contributed by atoms with Crippen LogP contribution in [0.4, 0.5) is 5.13 Å². The molecule has 17 heavy (non-hydrogen) atoms. The summed E-state index contributed by atoms with van der Waals surface area (Å²) < 4.78 is 5.37. The highest BCUT2D eigenvalue weighted by Gasteiger charge is 2.11. The van der Waals surface area contributed by atoms with Crippen molar-refractivity contribution < 1.29 is 4.74 Å². The molecular weight excluding hydrogens is 232 g/mol. The Morgan fingerprint density at radius 3 is 2.65 bits per heavy atom. The van der Waals surface area contributed by atoms with Crippen LogP contribution in [-0.4, -0.2) is 12.1 Å². The van der Waals surface area contributed by atoms with Crippen LogP contribution >= 0.6 is 11.3 Å². The standard InChI is InChI=1S/C13H16N2OS/c1-8(2)9-4-5-12(16-3)10(6-9)11-7-17-13(14)15-11/h4-8H,1-3H3,(H2,14,15). The molecule has 2 N–H and O–H groups in total. The summed E-state index contributed by atoms with van der Waals surface area (Å²) in [6.07, 6.45) is 0. The van der Waals surface area contributed by atoms with Crippen molar-refractivity contribution in [2.45, 2.75) is 19.8 Å². The Morgan fingerprint density at radius 2 is 2.12 bits per heavy atom. The number of hydrogen-bond donors (Lipinski definition) is 1. The van der Waals surface area contributed by atoms with E-state index in [1.54, 1.807) is 7.11 Å². The molecule has 0 saturated carbocycles. The molecule has 0 spiro atoms. The Kier molecular flexibility index (Phi) is 3.33. The predicted octanol–water partition coefficient (Wildman–Crippen LogP) is 3.52. The molecule has 1 heterocycles. The van der Waals surface area contributed by atoms with Crippen molar-refractivity contribution in [1.82, 2.24) is 4.98 Å². The molecule has 2 rings (SSSR count). The number of hydrogen-bond acceptors (Lipinski definition) is 4. The summed E-state index contributed by atoms with van der Waals surface area (Å²) in [7, 11) is 1.67. The van der Waals surface area contributed by atoms with Gasteiger partial charge in [-0.1, -0.05) is 19.9 Å². The van der Waals surface area contributed by atoms with Crippen LogP contribution in [0.3, 0.4) is 0 Å². The van der Waals surface area contributed by atoms with E-state index in [-0.39, 0.29) is 0 Å². The number of nitrogens with two attached hydrogens (primary N) is 1. The minimum Gasteiger partial charge on any atom is -0.496 e. The van der Waals surface area contributed by atoms with Gasteiger partial charge in [-0.2, -0.15) is 0 Å². The molecule has 0 aliphatic heterocycles. The Labute approximate surface area is 105 Å². The molecule has 1 aromatic heterocycles. The first kappa shape index (κ1) is 11.9. The molecule has 0 aliphatic rings. The third kappa shape index (κ3) is 2.42. The molecule has 0 fully saturated rings. The first-order chi connectivity index (χ1) is 8.11. The van der Waals surface area contributed by atoms with Crippen LogP contribution in [0.2, 0.25) is 0 Å². The zero-order chi connectivity index (χ0) is 12.4. The number of methoxy groups -OCH3 is 1. The highest BCUT2D eigenvalue weighted by molar-refractivity contribution is 7.13. The van der Waals surface area contributed by atoms with E-state index in [4.69, 9.17) is 10.5 Å². The van der Waals surface area contributed by atoms with Gasteiger partial charge in [-0.05, 0) is 23.6 Å². The second kappa shape index (κ2) is 4.75. The lowest BCUT2D eigenvalue weighted by atomic mass is 9.99. The molecule has 0 unspecified atom stereocenters. The van der Waals surface area contributed by atoms with Crippen molar-refractivity contribution in [3.63, 3.8) is 0 Å². The number of nitrogen functional groups attached to an aromatic ring is 1. The molecule has 0 bridgehead atoms. The first-order valence-corrected chi connectivity index (χ1v) is 6.39. The van der Waals surface area contributed by atoms with Gasteiger partial charge in [0.15, 0.2) is 5.13 Å². The van der Waals surface area contributed by atoms with Gasteiger partial charge < -0.3 is 10.5 Å². The van der Waals surface area contributed by atoms with Gasteiger partial charge in [-0.15, -0.1) is 11.3 Å². The normalized spacial score (nSPS) is 10.8. The molecule has 0 amide bonds. The molecule has 2 aromatic rings. The number of nitrogens with zero attached hydrogens (tertiary/aromatic N) is 1. The number of thiazole rings is 1. The summed E-state index contributed by atoms with van der Waals surface area (Å²) >= 11 is 1.44. The molecule has 4 heteroatoms. The van der Waals surface area contributed by atoms with E-state index in [0.717, 1.165) is 17.0 Å². The van der Waals surface area contributed by atoms with E-state index >= 15 is 0 Å². The molecular formula is C13H16N2OS. The zero-order valence-electron chi connectivity index (χ0n) is 10.2. The van der Waals surface area contributed by atoms with Crippen LogP contribution in [0.1, 0.15) is 25.3 Å². The average Bonchev–Trinajstić information content (AvgIpc) is 2.74. The van der Waals surface area contributed by atoms with E-state index in [1.807, 2.05) is 11.4 Å². The number of anilines is 1. The largest absolute Gasteiger partial charge is 0.496 e. The van der Waals surface area contributed by atoms with Gasteiger partial charge in [0.2, 0.25) is 0 Å². The van der Waals surface area contributed by atoms with Gasteiger partial charge in [-0.3, -0.25) is 0 Å². The highest BCUT2D eigenvalue weighted by Crippen LogP contribution is 2.33. The van der Waals surface area contributed by atoms with Crippen molar-refractivity contribution in [2.75, 3.05) is 12.8 Å². The molecule has 0 aliphatic carbocycles. The lowest BCUT2D eigenvalue weighted by molar-refractivity contribution is 0.416. The van der Waals surface area contributed by atoms with Crippen molar-refractivity contribution >= 4 is 16.5 Å². The molecule has 1 aromatic carbocycles. The van der Waals surface area contributed by atoms with Gasteiger partial charge in [-0.25, -0.2) is 4.98 Å². The van der Waals surface area contributed by atoms with Crippen molar-refractivity contribution in [3.05, 3.63) is 29.1 Å². The van der Waals surface area contributed by atoms with E-state index < -0.39 is 0 Å². The molecule has 90 valence electrons. The maximum atomic E-state index is 5.67. The summed E-state index contributed by atoms with van der Waals surface area (Å²) in [4.78, 5) is 4.31. The maximum Gasteiger partial charge on any atom is 0.180 e. The monoisotopic (exact) mass is 248 g/mol. The van der Waals surface area contributed by atoms with Gasteiger partial charge in [0.05, 0.1) is 12.8 Å². The first-order valence-electron chi connectivity index (χ1n) is 5.51. The van der Waals surface area contributed by atoms with Crippen molar-refractivity contribution in [3.8, 4) is 17.0 Å². The molecule has 0 radical (unpaired) electrons. The fourth-order valence-electron chi connectivity index (χ4n) is 1.70. The van der Waals surface area contributed by atoms with Crippen LogP contribution in [0.15, 0.2) is 23.6 Å². The number of ether oxygens (including phenoxy) is 1. The molecule has 0 atom stereocenters. The molecule has 0 saturated heterocycles. The van der Waals surface area contributed by atoms with E-state index in [9.17, 15) is 0 Å². The van der Waals surface area contributed by atoms with Gasteiger partial charge in [0.25, 0.3) is 0 Å². The van der Waals surface area contributed by atoms with E-state index in [0.29, 0.717) is 11.0 Å². The highest BCUT2D eigenvalue weighted by atomic mass is 32.1. The second-order valence-corrected chi connectivity index (χ2v) is 5.08. The number of rotatable bonds is 3. The quantitative estimate of drug-likeness (QED) is 0.904. The number of aromatic nitrogens is 1. The Hall–Kier alpha value is -1.55. The van der Waals surface area contributed by atoms with Crippen LogP contribution in [0, 0.1) is 0 Å². The SMILES string of the molecule is COc1ccc(C(C)C)cc1-c1csc(N)n1. The third-order valence-electron chi connectivity index (χ3n) is 2.69. The van der Waals surface area contributed by atoms with Crippen LogP contribution < -0.4 is 10.5 Å². The lowest BCUT2D eigenvalue weighted by Crippen LogP contribution is -1.93. The minimum atomic E-state index is 0.482. The van der Waals surface area contributed by atoms with Crippen molar-refractivity contribution in [1.29, 1.82) is 0 Å². The number of benzene rings is 1. The average molecular weight is 248 g/mol. The Bertz CT molecular complexity index is 520. The van der Waals surface area contributed by atoms with Gasteiger partial charge in [0, 0.05) is 10.9 Å². The van der Waals surface area contributed by atoms with E-state index in [2.05, 4.69) is 31.0 Å². The summed E-state index contributed by atoms with van der Waals surface area (Å²) in [5.41, 5.74) is 8.83. The summed E-state index contributed by atoms with van der Waals surface area (Å²) in [5.74, 6) is 1.32. The maximum absolute atomic E-state index is 5.67. The fraction of sp³-hybridized carbons (Fsp3) is 0.308. The van der Waals surface area contributed by atoms with Crippen molar-refractivity contribution in [2.24, 2.45) is 0 Å². The summed E-state index contributed by atoms with van der Waals surface area (Å²) in [5, 5.41) is 2.54. The topological polar surface area (TPSA) is 48.1 Å². The van der Waals surface area contributed by atoms with Crippen LogP contribution in [0.25, 0.3) is 11.3 Å². The van der Waals surface area contributed by atoms with Gasteiger partial charge in [0.1, 0.15) is 5.75 Å². The fourth-order valence-corrected chi connectivity index (χ4v) is 2.26. The Balaban J connectivity index is 2.53. The summed E-state index contributed by atoms with van der Waals surface area (Å²) in [6.45, 7) is 4.34.